The van der Waals surface area contributed by atoms with Gasteiger partial charge in [0.25, 0.3) is 0 Å². The molecule has 0 unspecified atom stereocenters. The second-order valence-electron chi connectivity index (χ2n) is 8.44. The maximum atomic E-state index is 14.7. The molecule has 0 aliphatic heterocycles. The average Bonchev–Trinajstić information content (AvgIpc) is 2.83. The van der Waals surface area contributed by atoms with Crippen LogP contribution in [0.1, 0.15) is 50.5 Å². The molecule has 1 aliphatic carbocycles. The summed E-state index contributed by atoms with van der Waals surface area (Å²) in [5.74, 6) is -0.936. The van der Waals surface area contributed by atoms with E-state index in [-0.39, 0.29) is 17.2 Å². The van der Waals surface area contributed by atoms with Gasteiger partial charge in [0, 0.05) is 5.56 Å². The maximum Gasteiger partial charge on any atom is 0.387 e. The second-order valence-corrected chi connectivity index (χ2v) is 8.44. The van der Waals surface area contributed by atoms with Gasteiger partial charge in [-0.3, -0.25) is 0 Å². The summed E-state index contributed by atoms with van der Waals surface area (Å²) in [6.07, 6.45) is 6.05. The topological polar surface area (TPSA) is 18.5 Å². The van der Waals surface area contributed by atoms with Gasteiger partial charge >= 0.3 is 6.61 Å². The molecule has 0 N–H and O–H groups in total. The lowest BCUT2D eigenvalue weighted by atomic mass is 9.77. The summed E-state index contributed by atoms with van der Waals surface area (Å²) in [5.41, 5.74) is 2.36. The molecule has 0 atom stereocenters. The molecular formula is C27H26F4O2. The van der Waals surface area contributed by atoms with Crippen LogP contribution in [0.4, 0.5) is 17.6 Å². The van der Waals surface area contributed by atoms with Crippen molar-refractivity contribution in [2.24, 2.45) is 5.92 Å². The largest absolute Gasteiger partial charge is 0.454 e. The minimum atomic E-state index is -2.95. The van der Waals surface area contributed by atoms with Crippen molar-refractivity contribution in [2.75, 3.05) is 0 Å². The molecule has 0 amide bonds. The van der Waals surface area contributed by atoms with Crippen LogP contribution in [0.3, 0.4) is 0 Å². The SMILES string of the molecule is CCC1CCC(c2ccc(-c3ccc(F)c(F)c3Oc3ccc(OC(F)F)cc3)cc2)CC1. The van der Waals surface area contributed by atoms with Gasteiger partial charge in [0.15, 0.2) is 11.6 Å². The van der Waals surface area contributed by atoms with Gasteiger partial charge < -0.3 is 9.47 Å². The summed E-state index contributed by atoms with van der Waals surface area (Å²) in [4.78, 5) is 0. The van der Waals surface area contributed by atoms with Crippen molar-refractivity contribution in [3.63, 3.8) is 0 Å². The Morgan fingerprint density at radius 3 is 2.06 bits per heavy atom. The number of hydrogen-bond acceptors (Lipinski definition) is 2. The molecule has 3 aromatic carbocycles. The first-order valence-electron chi connectivity index (χ1n) is 11.3. The lowest BCUT2D eigenvalue weighted by Crippen LogP contribution is -2.12. The Morgan fingerprint density at radius 2 is 1.45 bits per heavy atom. The van der Waals surface area contributed by atoms with Crippen LogP contribution < -0.4 is 9.47 Å². The highest BCUT2D eigenvalue weighted by molar-refractivity contribution is 5.71. The monoisotopic (exact) mass is 458 g/mol. The third-order valence-electron chi connectivity index (χ3n) is 6.44. The van der Waals surface area contributed by atoms with Gasteiger partial charge in [0.2, 0.25) is 5.82 Å². The first-order chi connectivity index (χ1) is 15.9. The molecule has 0 saturated heterocycles. The molecule has 33 heavy (non-hydrogen) atoms. The van der Waals surface area contributed by atoms with E-state index < -0.39 is 18.2 Å². The Bertz CT molecular complexity index is 1060. The minimum Gasteiger partial charge on any atom is -0.454 e. The van der Waals surface area contributed by atoms with Crippen molar-refractivity contribution in [1.82, 2.24) is 0 Å². The van der Waals surface area contributed by atoms with Crippen molar-refractivity contribution >= 4 is 0 Å². The molecule has 1 saturated carbocycles. The van der Waals surface area contributed by atoms with Crippen molar-refractivity contribution in [1.29, 1.82) is 0 Å². The molecule has 1 fully saturated rings. The lowest BCUT2D eigenvalue weighted by molar-refractivity contribution is -0.0498. The molecule has 3 aromatic rings. The van der Waals surface area contributed by atoms with E-state index in [1.807, 2.05) is 24.3 Å². The Hall–Kier alpha value is -3.02. The zero-order valence-corrected chi connectivity index (χ0v) is 18.4. The average molecular weight is 458 g/mol. The van der Waals surface area contributed by atoms with E-state index in [0.717, 1.165) is 12.0 Å². The van der Waals surface area contributed by atoms with Gasteiger partial charge in [-0.15, -0.1) is 0 Å². The third-order valence-corrected chi connectivity index (χ3v) is 6.44. The molecular weight excluding hydrogens is 432 g/mol. The van der Waals surface area contributed by atoms with Crippen LogP contribution in [-0.4, -0.2) is 6.61 Å². The van der Waals surface area contributed by atoms with E-state index in [4.69, 9.17) is 4.74 Å². The van der Waals surface area contributed by atoms with E-state index in [1.165, 1.54) is 68.0 Å². The normalized spacial score (nSPS) is 18.4. The Kier molecular flexibility index (Phi) is 7.21. The Morgan fingerprint density at radius 1 is 0.818 bits per heavy atom. The van der Waals surface area contributed by atoms with Gasteiger partial charge in [-0.1, -0.05) is 37.6 Å². The minimum absolute atomic E-state index is 0.0548. The van der Waals surface area contributed by atoms with Crippen LogP contribution in [0.25, 0.3) is 11.1 Å². The van der Waals surface area contributed by atoms with Crippen molar-refractivity contribution in [3.8, 4) is 28.4 Å². The molecule has 1 aliphatic rings. The van der Waals surface area contributed by atoms with Crippen LogP contribution in [0.2, 0.25) is 0 Å². The van der Waals surface area contributed by atoms with Crippen LogP contribution in [0.5, 0.6) is 17.2 Å². The molecule has 0 radical (unpaired) electrons. The zero-order valence-electron chi connectivity index (χ0n) is 18.4. The fraction of sp³-hybridized carbons (Fsp3) is 0.333. The molecule has 174 valence electrons. The molecule has 0 spiro atoms. The Balaban J connectivity index is 1.56. The van der Waals surface area contributed by atoms with E-state index >= 15 is 0 Å². The third kappa shape index (κ3) is 5.49. The lowest BCUT2D eigenvalue weighted by Gasteiger charge is -2.28. The van der Waals surface area contributed by atoms with Gasteiger partial charge in [0.05, 0.1) is 0 Å². The summed E-state index contributed by atoms with van der Waals surface area (Å²) in [6, 6.07) is 15.7. The van der Waals surface area contributed by atoms with Gasteiger partial charge in [0.1, 0.15) is 11.5 Å². The number of hydrogen-bond donors (Lipinski definition) is 0. The molecule has 0 bridgehead atoms. The summed E-state index contributed by atoms with van der Waals surface area (Å²) in [6.45, 7) is -0.707. The summed E-state index contributed by atoms with van der Waals surface area (Å²) >= 11 is 0. The smallest absolute Gasteiger partial charge is 0.387 e. The summed E-state index contributed by atoms with van der Waals surface area (Å²) < 4.78 is 63.3. The van der Waals surface area contributed by atoms with E-state index in [2.05, 4.69) is 11.7 Å². The molecule has 6 heteroatoms. The van der Waals surface area contributed by atoms with Gasteiger partial charge in [-0.05, 0) is 85.0 Å². The number of benzene rings is 3. The molecule has 0 aromatic heterocycles. The van der Waals surface area contributed by atoms with Crippen molar-refractivity contribution in [2.45, 2.75) is 51.6 Å². The maximum absolute atomic E-state index is 14.7. The van der Waals surface area contributed by atoms with Crippen LogP contribution >= 0.6 is 0 Å². The standard InChI is InChI=1S/C27H26F4O2/c1-2-17-3-5-18(6-4-17)19-7-9-20(10-8-19)23-15-16-24(28)25(29)26(23)32-21-11-13-22(14-12-21)33-27(30)31/h7-18,27H,2-6H2,1H3. The fourth-order valence-corrected chi connectivity index (χ4v) is 4.50. The van der Waals surface area contributed by atoms with Crippen molar-refractivity contribution in [3.05, 3.63) is 77.9 Å². The van der Waals surface area contributed by atoms with Gasteiger partial charge in [-0.25, -0.2) is 4.39 Å². The number of rotatable bonds is 7. The quantitative estimate of drug-likeness (QED) is 0.330. The Labute approximate surface area is 191 Å². The van der Waals surface area contributed by atoms with Crippen LogP contribution in [0, 0.1) is 17.6 Å². The molecule has 4 rings (SSSR count). The first-order valence-corrected chi connectivity index (χ1v) is 11.3. The predicted molar refractivity (Wildman–Crippen MR) is 120 cm³/mol. The van der Waals surface area contributed by atoms with Crippen LogP contribution in [0.15, 0.2) is 60.7 Å². The highest BCUT2D eigenvalue weighted by Gasteiger charge is 2.22. The molecule has 2 nitrogen and oxygen atoms in total. The number of ether oxygens (including phenoxy) is 2. The number of halogens is 4. The summed E-state index contributed by atoms with van der Waals surface area (Å²) in [7, 11) is 0. The van der Waals surface area contributed by atoms with Crippen LogP contribution in [-0.2, 0) is 0 Å². The predicted octanol–water partition coefficient (Wildman–Crippen LogP) is 8.71. The van der Waals surface area contributed by atoms with E-state index in [0.29, 0.717) is 17.0 Å². The van der Waals surface area contributed by atoms with E-state index in [1.54, 1.807) is 0 Å². The first kappa shape index (κ1) is 23.1. The summed E-state index contributed by atoms with van der Waals surface area (Å²) in [5, 5.41) is 0. The van der Waals surface area contributed by atoms with Gasteiger partial charge in [-0.2, -0.15) is 13.2 Å². The van der Waals surface area contributed by atoms with E-state index in [9.17, 15) is 17.6 Å². The molecule has 0 heterocycles. The highest BCUT2D eigenvalue weighted by Crippen LogP contribution is 2.40. The number of alkyl halides is 2. The zero-order chi connectivity index (χ0) is 23.4. The highest BCUT2D eigenvalue weighted by atomic mass is 19.3. The van der Waals surface area contributed by atoms with Crippen molar-refractivity contribution < 1.29 is 27.0 Å². The second kappa shape index (κ2) is 10.3. The fourth-order valence-electron chi connectivity index (χ4n) is 4.50.